The Morgan fingerprint density at radius 3 is 2.27 bits per heavy atom. The van der Waals surface area contributed by atoms with E-state index in [4.69, 9.17) is 4.74 Å². The van der Waals surface area contributed by atoms with E-state index >= 15 is 0 Å². The van der Waals surface area contributed by atoms with Gasteiger partial charge in [-0.25, -0.2) is 0 Å². The topological polar surface area (TPSA) is 9.23 Å². The van der Waals surface area contributed by atoms with Crippen molar-refractivity contribution in [2.75, 3.05) is 0 Å². The lowest BCUT2D eigenvalue weighted by molar-refractivity contribution is -0.137. The molecule has 0 saturated carbocycles. The standard InChI is InChI=1S/C22H23F3O/c1-6-14(3)13-26-21-16(5)20(12-15(4)19(21)7-2)17-8-10-18(11-9-17)22(23,24)25/h7-13H,2,6H2,1,3-5H3/b14-13+. The lowest BCUT2D eigenvalue weighted by Crippen LogP contribution is -2.04. The van der Waals surface area contributed by atoms with Gasteiger partial charge in [-0.1, -0.05) is 37.8 Å². The summed E-state index contributed by atoms with van der Waals surface area (Å²) in [5, 5.41) is 0. The van der Waals surface area contributed by atoms with Crippen molar-refractivity contribution in [3.63, 3.8) is 0 Å². The van der Waals surface area contributed by atoms with Gasteiger partial charge in [0.2, 0.25) is 0 Å². The number of ether oxygens (including phenoxy) is 1. The molecule has 0 aromatic heterocycles. The Kier molecular flexibility index (Phi) is 5.96. The first-order valence-electron chi connectivity index (χ1n) is 8.45. The monoisotopic (exact) mass is 360 g/mol. The van der Waals surface area contributed by atoms with E-state index in [9.17, 15) is 13.2 Å². The predicted octanol–water partition coefficient (Wildman–Crippen LogP) is 7.32. The molecule has 4 heteroatoms. The van der Waals surface area contributed by atoms with E-state index in [-0.39, 0.29) is 0 Å². The fourth-order valence-corrected chi connectivity index (χ4v) is 2.69. The van der Waals surface area contributed by atoms with Gasteiger partial charge in [-0.2, -0.15) is 13.2 Å². The zero-order valence-electron chi connectivity index (χ0n) is 15.5. The van der Waals surface area contributed by atoms with Crippen LogP contribution in [-0.2, 0) is 6.18 Å². The van der Waals surface area contributed by atoms with Crippen LogP contribution in [0, 0.1) is 13.8 Å². The third-order valence-corrected chi connectivity index (χ3v) is 4.44. The highest BCUT2D eigenvalue weighted by molar-refractivity contribution is 5.76. The summed E-state index contributed by atoms with van der Waals surface area (Å²) < 4.78 is 44.3. The molecule has 0 atom stereocenters. The van der Waals surface area contributed by atoms with Crippen LogP contribution >= 0.6 is 0 Å². The Labute approximate surface area is 152 Å². The average Bonchev–Trinajstić information content (AvgIpc) is 2.60. The molecule has 0 N–H and O–H groups in total. The van der Waals surface area contributed by atoms with Gasteiger partial charge >= 0.3 is 6.18 Å². The van der Waals surface area contributed by atoms with Crippen molar-refractivity contribution < 1.29 is 17.9 Å². The van der Waals surface area contributed by atoms with Gasteiger partial charge in [-0.05, 0) is 61.6 Å². The van der Waals surface area contributed by atoms with Crippen LogP contribution in [0.4, 0.5) is 13.2 Å². The van der Waals surface area contributed by atoms with Crippen molar-refractivity contribution in [3.05, 3.63) is 71.0 Å². The fraction of sp³-hybridized carbons (Fsp3) is 0.273. The number of allylic oxidation sites excluding steroid dienone is 1. The van der Waals surface area contributed by atoms with E-state index in [2.05, 4.69) is 6.58 Å². The molecule has 138 valence electrons. The molecule has 0 amide bonds. The molecular weight excluding hydrogens is 337 g/mol. The van der Waals surface area contributed by atoms with Crippen LogP contribution in [0.2, 0.25) is 0 Å². The molecule has 26 heavy (non-hydrogen) atoms. The summed E-state index contributed by atoms with van der Waals surface area (Å²) in [4.78, 5) is 0. The van der Waals surface area contributed by atoms with Gasteiger partial charge in [-0.15, -0.1) is 0 Å². The third-order valence-electron chi connectivity index (χ3n) is 4.44. The summed E-state index contributed by atoms with van der Waals surface area (Å²) in [5.41, 5.74) is 4.71. The Bertz CT molecular complexity index is 828. The van der Waals surface area contributed by atoms with Crippen LogP contribution in [0.25, 0.3) is 17.2 Å². The number of alkyl halides is 3. The fourth-order valence-electron chi connectivity index (χ4n) is 2.69. The zero-order valence-corrected chi connectivity index (χ0v) is 15.5. The second-order valence-electron chi connectivity index (χ2n) is 6.32. The molecule has 0 aliphatic carbocycles. The minimum atomic E-state index is -4.34. The van der Waals surface area contributed by atoms with Crippen molar-refractivity contribution >= 4 is 6.08 Å². The van der Waals surface area contributed by atoms with Crippen molar-refractivity contribution in [2.45, 2.75) is 40.3 Å². The smallest absolute Gasteiger partial charge is 0.416 e. The normalized spacial score (nSPS) is 12.2. The summed E-state index contributed by atoms with van der Waals surface area (Å²) >= 11 is 0. The second kappa shape index (κ2) is 7.81. The molecule has 0 heterocycles. The number of rotatable bonds is 5. The van der Waals surface area contributed by atoms with Crippen LogP contribution in [-0.4, -0.2) is 0 Å². The Hall–Kier alpha value is -2.49. The van der Waals surface area contributed by atoms with Gasteiger partial charge in [0.05, 0.1) is 11.8 Å². The molecule has 0 spiro atoms. The third kappa shape index (κ3) is 4.18. The average molecular weight is 360 g/mol. The molecule has 1 nitrogen and oxygen atoms in total. The number of benzene rings is 2. The zero-order chi connectivity index (χ0) is 19.5. The van der Waals surface area contributed by atoms with Crippen molar-refractivity contribution in [2.24, 2.45) is 0 Å². The molecular formula is C22H23F3O. The summed E-state index contributed by atoms with van der Waals surface area (Å²) in [6, 6.07) is 7.16. The van der Waals surface area contributed by atoms with Gasteiger partial charge in [0.15, 0.2) is 0 Å². The van der Waals surface area contributed by atoms with E-state index in [1.54, 1.807) is 12.3 Å². The summed E-state index contributed by atoms with van der Waals surface area (Å²) in [5.74, 6) is 0.683. The maximum absolute atomic E-state index is 12.8. The highest BCUT2D eigenvalue weighted by Crippen LogP contribution is 2.38. The first-order valence-corrected chi connectivity index (χ1v) is 8.45. The molecule has 0 aliphatic heterocycles. The van der Waals surface area contributed by atoms with Gasteiger partial charge in [0, 0.05) is 11.1 Å². The minimum Gasteiger partial charge on any atom is -0.464 e. The molecule has 2 aromatic carbocycles. The van der Waals surface area contributed by atoms with E-state index < -0.39 is 11.7 Å². The quantitative estimate of drug-likeness (QED) is 0.507. The van der Waals surface area contributed by atoms with Gasteiger partial charge in [-0.3, -0.25) is 0 Å². The first kappa shape index (κ1) is 19.8. The Morgan fingerprint density at radius 2 is 1.77 bits per heavy atom. The van der Waals surface area contributed by atoms with Crippen LogP contribution in [0.1, 0.15) is 42.5 Å². The summed E-state index contributed by atoms with van der Waals surface area (Å²) in [6.45, 7) is 11.7. The molecule has 0 saturated heterocycles. The van der Waals surface area contributed by atoms with E-state index in [1.165, 1.54) is 12.1 Å². The van der Waals surface area contributed by atoms with Crippen LogP contribution in [0.5, 0.6) is 5.75 Å². The number of aryl methyl sites for hydroxylation is 1. The maximum atomic E-state index is 12.8. The van der Waals surface area contributed by atoms with Gasteiger partial charge in [0.1, 0.15) is 5.75 Å². The summed E-state index contributed by atoms with van der Waals surface area (Å²) in [6.07, 6.45) is -0.0123. The number of halogens is 3. The molecule has 0 unspecified atom stereocenters. The highest BCUT2D eigenvalue weighted by Gasteiger charge is 2.30. The van der Waals surface area contributed by atoms with Crippen molar-refractivity contribution in [3.8, 4) is 16.9 Å². The van der Waals surface area contributed by atoms with E-state index in [0.717, 1.165) is 51.9 Å². The molecule has 0 fully saturated rings. The SMILES string of the molecule is C=Cc1c(C)cc(-c2ccc(C(F)(F)F)cc2)c(C)c1O/C=C(\C)CC. The van der Waals surface area contributed by atoms with E-state index in [1.807, 2.05) is 33.8 Å². The Morgan fingerprint density at radius 1 is 1.15 bits per heavy atom. The first-order chi connectivity index (χ1) is 12.2. The number of hydrogen-bond acceptors (Lipinski definition) is 1. The Balaban J connectivity index is 2.56. The lowest BCUT2D eigenvalue weighted by Gasteiger charge is -2.17. The molecule has 2 aromatic rings. The molecule has 0 bridgehead atoms. The van der Waals surface area contributed by atoms with E-state index in [0.29, 0.717) is 5.75 Å². The lowest BCUT2D eigenvalue weighted by atomic mass is 9.93. The number of hydrogen-bond donors (Lipinski definition) is 0. The van der Waals surface area contributed by atoms with Gasteiger partial charge < -0.3 is 4.74 Å². The molecule has 2 rings (SSSR count). The van der Waals surface area contributed by atoms with Crippen LogP contribution < -0.4 is 4.74 Å². The van der Waals surface area contributed by atoms with Gasteiger partial charge in [0.25, 0.3) is 0 Å². The predicted molar refractivity (Wildman–Crippen MR) is 101 cm³/mol. The van der Waals surface area contributed by atoms with Crippen molar-refractivity contribution in [1.29, 1.82) is 0 Å². The highest BCUT2D eigenvalue weighted by atomic mass is 19.4. The largest absolute Gasteiger partial charge is 0.464 e. The maximum Gasteiger partial charge on any atom is 0.416 e. The second-order valence-corrected chi connectivity index (χ2v) is 6.32. The van der Waals surface area contributed by atoms with Crippen molar-refractivity contribution in [1.82, 2.24) is 0 Å². The molecule has 0 radical (unpaired) electrons. The summed E-state index contributed by atoms with van der Waals surface area (Å²) in [7, 11) is 0. The van der Waals surface area contributed by atoms with Crippen LogP contribution in [0.15, 0.2) is 48.7 Å². The molecule has 0 aliphatic rings. The minimum absolute atomic E-state index is 0.656. The van der Waals surface area contributed by atoms with Crippen LogP contribution in [0.3, 0.4) is 0 Å².